The van der Waals surface area contributed by atoms with Crippen LogP contribution in [0.1, 0.15) is 25.0 Å². The van der Waals surface area contributed by atoms with Crippen LogP contribution in [0, 0.1) is 0 Å². The summed E-state index contributed by atoms with van der Waals surface area (Å²) in [6, 6.07) is 13.5. The molecule has 2 aromatic rings. The van der Waals surface area contributed by atoms with Crippen LogP contribution in [0.3, 0.4) is 0 Å². The summed E-state index contributed by atoms with van der Waals surface area (Å²) in [6.45, 7) is 3.32. The lowest BCUT2D eigenvalue weighted by Crippen LogP contribution is -2.47. The molecule has 0 saturated heterocycles. The van der Waals surface area contributed by atoms with Crippen molar-refractivity contribution >= 4 is 15.9 Å². The number of rotatable bonds is 0. The lowest BCUT2D eigenvalue weighted by molar-refractivity contribution is -0.144. The highest BCUT2D eigenvalue weighted by Crippen LogP contribution is 2.51. The monoisotopic (exact) mass is 318 g/mol. The Kier molecular flexibility index (Phi) is 2.65. The standard InChI is InChI=1S/C16H15BrO2/c1-15(18)13-6-4-3-5-11(13)12-8-7-10(17)9-14(12)16(15,2)19/h3-9,18-19H,1-2H3. The summed E-state index contributed by atoms with van der Waals surface area (Å²) in [5.41, 5.74) is 0.787. The minimum absolute atomic E-state index is 0.741. The molecule has 2 nitrogen and oxygen atoms in total. The lowest BCUT2D eigenvalue weighted by atomic mass is 9.67. The van der Waals surface area contributed by atoms with E-state index >= 15 is 0 Å². The molecule has 98 valence electrons. The molecule has 0 amide bonds. The number of hydrogen-bond acceptors (Lipinski definition) is 2. The smallest absolute Gasteiger partial charge is 0.120 e. The highest BCUT2D eigenvalue weighted by atomic mass is 79.9. The highest BCUT2D eigenvalue weighted by molar-refractivity contribution is 9.10. The fourth-order valence-electron chi connectivity index (χ4n) is 2.82. The molecule has 3 rings (SSSR count). The molecule has 2 atom stereocenters. The van der Waals surface area contributed by atoms with Crippen LogP contribution >= 0.6 is 15.9 Å². The van der Waals surface area contributed by atoms with Gasteiger partial charge in [0, 0.05) is 4.47 Å². The summed E-state index contributed by atoms with van der Waals surface area (Å²) in [6.07, 6.45) is 0. The lowest BCUT2D eigenvalue weighted by Gasteiger charge is -2.45. The Hall–Kier alpha value is -1.16. The quantitative estimate of drug-likeness (QED) is 0.780. The summed E-state index contributed by atoms with van der Waals surface area (Å²) in [5.74, 6) is 0. The first-order chi connectivity index (χ1) is 8.85. The molecule has 1 aliphatic rings. The molecule has 2 unspecified atom stereocenters. The molecule has 0 fully saturated rings. The van der Waals surface area contributed by atoms with Gasteiger partial charge in [-0.05, 0) is 48.2 Å². The fraction of sp³-hybridized carbons (Fsp3) is 0.250. The molecule has 3 heteroatoms. The van der Waals surface area contributed by atoms with E-state index in [1.54, 1.807) is 13.8 Å². The second kappa shape index (κ2) is 3.92. The van der Waals surface area contributed by atoms with Gasteiger partial charge in [0.2, 0.25) is 0 Å². The van der Waals surface area contributed by atoms with Gasteiger partial charge in [0.25, 0.3) is 0 Å². The van der Waals surface area contributed by atoms with E-state index in [0.717, 1.165) is 26.7 Å². The van der Waals surface area contributed by atoms with Crippen LogP contribution in [0.5, 0.6) is 0 Å². The molecule has 0 bridgehead atoms. The topological polar surface area (TPSA) is 40.5 Å². The second-order valence-corrected chi connectivity index (χ2v) is 6.30. The Morgan fingerprint density at radius 2 is 1.42 bits per heavy atom. The van der Waals surface area contributed by atoms with Crippen molar-refractivity contribution in [2.45, 2.75) is 25.0 Å². The molecule has 0 spiro atoms. The molecule has 2 N–H and O–H groups in total. The molecule has 1 aliphatic carbocycles. The minimum atomic E-state index is -1.33. The van der Waals surface area contributed by atoms with Gasteiger partial charge in [-0.2, -0.15) is 0 Å². The van der Waals surface area contributed by atoms with E-state index in [0.29, 0.717) is 0 Å². The third kappa shape index (κ3) is 1.62. The van der Waals surface area contributed by atoms with Gasteiger partial charge in [-0.25, -0.2) is 0 Å². The third-order valence-electron chi connectivity index (χ3n) is 4.20. The van der Waals surface area contributed by atoms with Crippen LogP contribution < -0.4 is 0 Å². The second-order valence-electron chi connectivity index (χ2n) is 5.38. The zero-order valence-electron chi connectivity index (χ0n) is 10.8. The van der Waals surface area contributed by atoms with E-state index in [4.69, 9.17) is 0 Å². The first kappa shape index (κ1) is 12.9. The Labute approximate surface area is 120 Å². The third-order valence-corrected chi connectivity index (χ3v) is 4.69. The van der Waals surface area contributed by atoms with Gasteiger partial charge in [-0.3, -0.25) is 0 Å². The van der Waals surface area contributed by atoms with E-state index in [2.05, 4.69) is 15.9 Å². The number of fused-ring (bicyclic) bond motifs is 3. The predicted octanol–water partition coefficient (Wildman–Crippen LogP) is 3.54. The van der Waals surface area contributed by atoms with Gasteiger partial charge in [-0.15, -0.1) is 0 Å². The van der Waals surface area contributed by atoms with E-state index in [1.807, 2.05) is 42.5 Å². The van der Waals surface area contributed by atoms with Crippen molar-refractivity contribution in [2.75, 3.05) is 0 Å². The maximum Gasteiger partial charge on any atom is 0.120 e. The normalized spacial score (nSPS) is 28.7. The number of aliphatic hydroxyl groups is 2. The minimum Gasteiger partial charge on any atom is -0.382 e. The van der Waals surface area contributed by atoms with Crippen molar-refractivity contribution in [1.82, 2.24) is 0 Å². The molecule has 0 saturated carbocycles. The summed E-state index contributed by atoms with van der Waals surface area (Å²) in [5, 5.41) is 21.7. The Balaban J connectivity index is 2.43. The van der Waals surface area contributed by atoms with Gasteiger partial charge in [0.15, 0.2) is 0 Å². The van der Waals surface area contributed by atoms with E-state index < -0.39 is 11.2 Å². The zero-order chi connectivity index (χ0) is 13.8. The van der Waals surface area contributed by atoms with Gasteiger partial charge in [0.1, 0.15) is 11.2 Å². The van der Waals surface area contributed by atoms with Crippen LogP contribution in [-0.2, 0) is 11.2 Å². The maximum absolute atomic E-state index is 10.9. The first-order valence-corrected chi connectivity index (χ1v) is 6.99. The van der Waals surface area contributed by atoms with Crippen molar-refractivity contribution < 1.29 is 10.2 Å². The molecular weight excluding hydrogens is 304 g/mol. The predicted molar refractivity (Wildman–Crippen MR) is 78.7 cm³/mol. The van der Waals surface area contributed by atoms with Crippen molar-refractivity contribution in [3.05, 3.63) is 58.1 Å². The average Bonchev–Trinajstić information content (AvgIpc) is 2.37. The number of benzene rings is 2. The Morgan fingerprint density at radius 3 is 2.16 bits per heavy atom. The van der Waals surface area contributed by atoms with Crippen LogP contribution in [-0.4, -0.2) is 10.2 Å². The molecular formula is C16H15BrO2. The van der Waals surface area contributed by atoms with Crippen LogP contribution in [0.25, 0.3) is 11.1 Å². The maximum atomic E-state index is 10.9. The van der Waals surface area contributed by atoms with Gasteiger partial charge >= 0.3 is 0 Å². The molecule has 0 aromatic heterocycles. The zero-order valence-corrected chi connectivity index (χ0v) is 12.4. The van der Waals surface area contributed by atoms with E-state index in [-0.39, 0.29) is 0 Å². The van der Waals surface area contributed by atoms with Crippen molar-refractivity contribution in [2.24, 2.45) is 0 Å². The summed E-state index contributed by atoms with van der Waals surface area (Å²) in [7, 11) is 0. The van der Waals surface area contributed by atoms with Gasteiger partial charge in [0.05, 0.1) is 0 Å². The molecule has 2 aromatic carbocycles. The van der Waals surface area contributed by atoms with Gasteiger partial charge in [-0.1, -0.05) is 46.3 Å². The summed E-state index contributed by atoms with van der Waals surface area (Å²) in [4.78, 5) is 0. The molecule has 0 heterocycles. The van der Waals surface area contributed by atoms with E-state index in [9.17, 15) is 10.2 Å². The van der Waals surface area contributed by atoms with Crippen LogP contribution in [0.4, 0.5) is 0 Å². The van der Waals surface area contributed by atoms with Crippen LogP contribution in [0.2, 0.25) is 0 Å². The molecule has 0 radical (unpaired) electrons. The van der Waals surface area contributed by atoms with Crippen LogP contribution in [0.15, 0.2) is 46.9 Å². The number of halogens is 1. The summed E-state index contributed by atoms with van der Waals surface area (Å²) >= 11 is 3.43. The first-order valence-electron chi connectivity index (χ1n) is 6.20. The average molecular weight is 319 g/mol. The van der Waals surface area contributed by atoms with Gasteiger partial charge < -0.3 is 10.2 Å². The van der Waals surface area contributed by atoms with Crippen molar-refractivity contribution in [1.29, 1.82) is 0 Å². The van der Waals surface area contributed by atoms with Crippen molar-refractivity contribution in [3.63, 3.8) is 0 Å². The summed E-state index contributed by atoms with van der Waals surface area (Å²) < 4.78 is 0.890. The highest BCUT2D eigenvalue weighted by Gasteiger charge is 2.49. The van der Waals surface area contributed by atoms with E-state index in [1.165, 1.54) is 0 Å². The number of hydrogen-bond donors (Lipinski definition) is 2. The SMILES string of the molecule is CC1(O)c2ccccc2-c2ccc(Br)cc2C1(C)O. The van der Waals surface area contributed by atoms with Crippen molar-refractivity contribution in [3.8, 4) is 11.1 Å². The Bertz CT molecular complexity index is 660. The Morgan fingerprint density at radius 1 is 0.842 bits per heavy atom. The largest absolute Gasteiger partial charge is 0.382 e. The fourth-order valence-corrected chi connectivity index (χ4v) is 3.18. The molecule has 19 heavy (non-hydrogen) atoms. The molecule has 0 aliphatic heterocycles.